The molecule has 8 nitrogen and oxygen atoms in total. The van der Waals surface area contributed by atoms with E-state index in [1.807, 2.05) is 30.3 Å². The summed E-state index contributed by atoms with van der Waals surface area (Å²) < 4.78 is 30.2. The van der Waals surface area contributed by atoms with Crippen LogP contribution in [-0.2, 0) is 16.6 Å². The van der Waals surface area contributed by atoms with Gasteiger partial charge in [0.1, 0.15) is 12.4 Å². The second-order valence-corrected chi connectivity index (χ2v) is 8.53. The second-order valence-electron chi connectivity index (χ2n) is 6.97. The molecule has 32 heavy (non-hydrogen) atoms. The molecule has 0 bridgehead atoms. The fourth-order valence-electron chi connectivity index (χ4n) is 3.13. The number of ether oxygens (including phenoxy) is 1. The number of hydrogen-bond acceptors (Lipinski definition) is 5. The van der Waals surface area contributed by atoms with Crippen LogP contribution in [0.15, 0.2) is 89.8 Å². The van der Waals surface area contributed by atoms with Crippen LogP contribution in [0.3, 0.4) is 0 Å². The fraction of sp³-hybridized carbons (Fsp3) is 0.0435. The van der Waals surface area contributed by atoms with Gasteiger partial charge < -0.3 is 9.84 Å². The van der Waals surface area contributed by atoms with Gasteiger partial charge in [-0.2, -0.15) is 5.10 Å². The third kappa shape index (κ3) is 4.69. The Balaban J connectivity index is 1.63. The third-order valence-corrected chi connectivity index (χ3v) is 5.67. The Kier molecular flexibility index (Phi) is 5.76. The molecule has 1 aromatic heterocycles. The number of nitrogens with two attached hydrogens (primary N) is 1. The predicted octanol–water partition coefficient (Wildman–Crippen LogP) is 3.46. The van der Waals surface area contributed by atoms with Crippen LogP contribution in [0.2, 0.25) is 0 Å². The number of benzene rings is 3. The molecule has 0 aliphatic carbocycles. The van der Waals surface area contributed by atoms with Gasteiger partial charge in [0.2, 0.25) is 10.0 Å². The minimum Gasteiger partial charge on any atom is -0.489 e. The van der Waals surface area contributed by atoms with E-state index in [9.17, 15) is 18.3 Å². The van der Waals surface area contributed by atoms with Gasteiger partial charge in [-0.25, -0.2) is 23.0 Å². The van der Waals surface area contributed by atoms with Crippen molar-refractivity contribution in [3.05, 3.63) is 96.2 Å². The normalized spacial score (nSPS) is 11.3. The van der Waals surface area contributed by atoms with E-state index in [0.29, 0.717) is 29.3 Å². The largest absolute Gasteiger partial charge is 0.489 e. The molecule has 4 aromatic rings. The van der Waals surface area contributed by atoms with Crippen LogP contribution < -0.4 is 9.88 Å². The molecule has 0 unspecified atom stereocenters. The van der Waals surface area contributed by atoms with E-state index in [2.05, 4.69) is 5.10 Å². The molecule has 3 aromatic carbocycles. The summed E-state index contributed by atoms with van der Waals surface area (Å²) in [6, 6.07) is 24.1. The lowest BCUT2D eigenvalue weighted by atomic mass is 10.1. The lowest BCUT2D eigenvalue weighted by Gasteiger charge is -2.10. The van der Waals surface area contributed by atoms with Crippen LogP contribution in [0, 0.1) is 0 Å². The SMILES string of the molecule is NS(=O)(=O)c1ccc(-n2nc(C(=O)O)cc2-c2ccc(OCc3ccccc3)cc2)cc1. The van der Waals surface area contributed by atoms with Crippen LogP contribution in [0.1, 0.15) is 16.1 Å². The van der Waals surface area contributed by atoms with E-state index < -0.39 is 16.0 Å². The Morgan fingerprint density at radius 2 is 1.62 bits per heavy atom. The van der Waals surface area contributed by atoms with Crippen LogP contribution in [0.25, 0.3) is 16.9 Å². The zero-order valence-corrected chi connectivity index (χ0v) is 17.6. The second kappa shape index (κ2) is 8.66. The highest BCUT2D eigenvalue weighted by Crippen LogP contribution is 2.27. The number of carboxylic acid groups (broad SMARTS) is 1. The molecule has 0 aliphatic rings. The molecule has 0 spiro atoms. The predicted molar refractivity (Wildman–Crippen MR) is 118 cm³/mol. The zero-order valence-electron chi connectivity index (χ0n) is 16.8. The van der Waals surface area contributed by atoms with E-state index in [4.69, 9.17) is 9.88 Å². The number of rotatable bonds is 7. The smallest absolute Gasteiger partial charge is 0.356 e. The highest BCUT2D eigenvalue weighted by molar-refractivity contribution is 7.89. The van der Waals surface area contributed by atoms with Gasteiger partial charge in [-0.1, -0.05) is 30.3 Å². The monoisotopic (exact) mass is 449 g/mol. The Labute approximate surface area is 184 Å². The Morgan fingerprint density at radius 3 is 2.22 bits per heavy atom. The molecule has 162 valence electrons. The highest BCUT2D eigenvalue weighted by atomic mass is 32.2. The highest BCUT2D eigenvalue weighted by Gasteiger charge is 2.17. The first-order valence-corrected chi connectivity index (χ1v) is 11.1. The topological polar surface area (TPSA) is 125 Å². The van der Waals surface area contributed by atoms with Crippen LogP contribution in [-0.4, -0.2) is 29.3 Å². The first-order valence-electron chi connectivity index (χ1n) is 9.55. The van der Waals surface area contributed by atoms with Gasteiger partial charge in [-0.15, -0.1) is 0 Å². The standard InChI is InChI=1S/C23H19N3O5S/c24-32(29,30)20-12-8-18(9-13-20)26-22(14-21(25-26)23(27)28)17-6-10-19(11-7-17)31-15-16-4-2-1-3-5-16/h1-14H,15H2,(H,27,28)(H2,24,29,30). The van der Waals surface area contributed by atoms with Crippen molar-refractivity contribution < 1.29 is 23.1 Å². The van der Waals surface area contributed by atoms with Gasteiger partial charge in [-0.3, -0.25) is 0 Å². The van der Waals surface area contributed by atoms with Crippen molar-refractivity contribution in [2.24, 2.45) is 5.14 Å². The van der Waals surface area contributed by atoms with Crippen molar-refractivity contribution in [1.82, 2.24) is 9.78 Å². The lowest BCUT2D eigenvalue weighted by molar-refractivity contribution is 0.0690. The molecule has 0 fully saturated rings. The lowest BCUT2D eigenvalue weighted by Crippen LogP contribution is -2.12. The Morgan fingerprint density at radius 1 is 0.969 bits per heavy atom. The van der Waals surface area contributed by atoms with E-state index >= 15 is 0 Å². The van der Waals surface area contributed by atoms with Crippen LogP contribution in [0.5, 0.6) is 5.75 Å². The first-order chi connectivity index (χ1) is 15.3. The Hall–Kier alpha value is -3.95. The molecule has 0 saturated heterocycles. The van der Waals surface area contributed by atoms with Gasteiger partial charge in [0.15, 0.2) is 5.69 Å². The Bertz CT molecular complexity index is 1350. The van der Waals surface area contributed by atoms with Crippen molar-refractivity contribution in [1.29, 1.82) is 0 Å². The van der Waals surface area contributed by atoms with Gasteiger partial charge in [0, 0.05) is 5.56 Å². The molecule has 4 rings (SSSR count). The minimum atomic E-state index is -3.84. The average molecular weight is 449 g/mol. The molecular weight excluding hydrogens is 430 g/mol. The molecule has 0 saturated carbocycles. The molecule has 9 heteroatoms. The number of nitrogens with zero attached hydrogens (tertiary/aromatic N) is 2. The van der Waals surface area contributed by atoms with Crippen LogP contribution >= 0.6 is 0 Å². The van der Waals surface area contributed by atoms with Crippen molar-refractivity contribution in [3.8, 4) is 22.7 Å². The summed E-state index contributed by atoms with van der Waals surface area (Å²) in [5.41, 5.74) is 2.64. The number of carboxylic acids is 1. The molecule has 3 N–H and O–H groups in total. The zero-order chi connectivity index (χ0) is 22.7. The first kappa shape index (κ1) is 21.3. The molecule has 0 radical (unpaired) electrons. The number of sulfonamides is 1. The number of primary sulfonamides is 1. The summed E-state index contributed by atoms with van der Waals surface area (Å²) in [6.07, 6.45) is 0. The molecule has 0 atom stereocenters. The fourth-order valence-corrected chi connectivity index (χ4v) is 3.64. The number of aromatic carboxylic acids is 1. The van der Waals surface area contributed by atoms with Crippen molar-refractivity contribution in [3.63, 3.8) is 0 Å². The van der Waals surface area contributed by atoms with Gasteiger partial charge in [0.05, 0.1) is 16.3 Å². The average Bonchev–Trinajstić information content (AvgIpc) is 3.24. The summed E-state index contributed by atoms with van der Waals surface area (Å²) in [5, 5.41) is 18.7. The van der Waals surface area contributed by atoms with E-state index in [1.54, 1.807) is 24.3 Å². The van der Waals surface area contributed by atoms with Gasteiger partial charge in [-0.05, 0) is 60.2 Å². The van der Waals surface area contributed by atoms with E-state index in [0.717, 1.165) is 5.56 Å². The maximum Gasteiger partial charge on any atom is 0.356 e. The van der Waals surface area contributed by atoms with Gasteiger partial charge in [0.25, 0.3) is 0 Å². The minimum absolute atomic E-state index is 0.0478. The van der Waals surface area contributed by atoms with E-state index in [1.165, 1.54) is 35.0 Å². The van der Waals surface area contributed by atoms with Crippen molar-refractivity contribution >= 4 is 16.0 Å². The van der Waals surface area contributed by atoms with Crippen molar-refractivity contribution in [2.45, 2.75) is 11.5 Å². The van der Waals surface area contributed by atoms with Crippen molar-refractivity contribution in [2.75, 3.05) is 0 Å². The quantitative estimate of drug-likeness (QED) is 0.445. The number of hydrogen-bond donors (Lipinski definition) is 2. The van der Waals surface area contributed by atoms with Crippen LogP contribution in [0.4, 0.5) is 0 Å². The summed E-state index contributed by atoms with van der Waals surface area (Å²) in [4.78, 5) is 11.4. The number of aromatic nitrogens is 2. The van der Waals surface area contributed by atoms with Gasteiger partial charge >= 0.3 is 5.97 Å². The number of carbonyl (C=O) groups is 1. The summed E-state index contributed by atoms with van der Waals surface area (Å²) in [6.45, 7) is 0.428. The molecule has 0 aliphatic heterocycles. The summed E-state index contributed by atoms with van der Waals surface area (Å²) >= 11 is 0. The van der Waals surface area contributed by atoms with E-state index in [-0.39, 0.29) is 10.6 Å². The molecule has 1 heterocycles. The maximum atomic E-state index is 11.5. The molecule has 0 amide bonds. The maximum absolute atomic E-state index is 11.5. The molecular formula is C23H19N3O5S. The summed E-state index contributed by atoms with van der Waals surface area (Å²) in [7, 11) is -3.84. The summed E-state index contributed by atoms with van der Waals surface area (Å²) in [5.74, 6) is -0.506. The third-order valence-electron chi connectivity index (χ3n) is 4.74.